The smallest absolute Gasteiger partial charge is 0.168 e. The van der Waals surface area contributed by atoms with E-state index in [-0.39, 0.29) is 0 Å². The number of benzene rings is 1. The number of aromatic nitrogens is 2. The fourth-order valence-electron chi connectivity index (χ4n) is 1.36. The summed E-state index contributed by atoms with van der Waals surface area (Å²) in [6, 6.07) is 3.55. The third-order valence-corrected chi connectivity index (χ3v) is 2.18. The molecule has 1 heterocycles. The minimum atomic E-state index is 0.473. The van der Waals surface area contributed by atoms with E-state index in [0.717, 1.165) is 22.8 Å². The van der Waals surface area contributed by atoms with E-state index in [1.165, 1.54) is 0 Å². The quantitative estimate of drug-likeness (QED) is 0.709. The Morgan fingerprint density at radius 1 is 1.54 bits per heavy atom. The minimum absolute atomic E-state index is 0.473. The molecule has 13 heavy (non-hydrogen) atoms. The van der Waals surface area contributed by atoms with Gasteiger partial charge < -0.3 is 0 Å². The molecule has 2 aromatic rings. The van der Waals surface area contributed by atoms with Crippen molar-refractivity contribution in [2.45, 2.75) is 6.92 Å². The Morgan fingerprint density at radius 3 is 3.00 bits per heavy atom. The first-order chi connectivity index (χ1) is 6.22. The fourth-order valence-corrected chi connectivity index (χ4v) is 1.63. The van der Waals surface area contributed by atoms with E-state index in [0.29, 0.717) is 10.7 Å². The maximum absolute atomic E-state index is 10.6. The summed E-state index contributed by atoms with van der Waals surface area (Å²) in [6.07, 6.45) is 0.741. The highest BCUT2D eigenvalue weighted by molar-refractivity contribution is 6.31. The second-order valence-corrected chi connectivity index (χ2v) is 3.31. The molecule has 0 radical (unpaired) electrons. The number of H-pyrrole nitrogens is 1. The summed E-state index contributed by atoms with van der Waals surface area (Å²) in [6.45, 7) is 1.91. The number of aryl methyl sites for hydroxylation is 1. The number of rotatable bonds is 1. The molecule has 1 aromatic heterocycles. The molecule has 3 nitrogen and oxygen atoms in total. The van der Waals surface area contributed by atoms with Gasteiger partial charge in [-0.1, -0.05) is 11.6 Å². The molecular formula is C9H7ClN2O. The monoisotopic (exact) mass is 194 g/mol. The van der Waals surface area contributed by atoms with Crippen LogP contribution in [0.15, 0.2) is 12.1 Å². The lowest BCUT2D eigenvalue weighted by Gasteiger charge is -1.95. The number of fused-ring (bicyclic) bond motifs is 1. The van der Waals surface area contributed by atoms with Crippen molar-refractivity contribution in [2.75, 3.05) is 0 Å². The molecule has 0 amide bonds. The van der Waals surface area contributed by atoms with Crippen molar-refractivity contribution >= 4 is 28.8 Å². The van der Waals surface area contributed by atoms with Gasteiger partial charge in [0.15, 0.2) is 6.29 Å². The van der Waals surface area contributed by atoms with Crippen LogP contribution < -0.4 is 0 Å². The Balaban J connectivity index is 2.89. The molecule has 4 heteroatoms. The van der Waals surface area contributed by atoms with Crippen molar-refractivity contribution in [2.24, 2.45) is 0 Å². The summed E-state index contributed by atoms with van der Waals surface area (Å²) in [7, 11) is 0. The summed E-state index contributed by atoms with van der Waals surface area (Å²) in [4.78, 5) is 10.6. The van der Waals surface area contributed by atoms with Crippen LogP contribution in [0.5, 0.6) is 0 Å². The Morgan fingerprint density at radius 2 is 2.31 bits per heavy atom. The van der Waals surface area contributed by atoms with Crippen molar-refractivity contribution in [1.29, 1.82) is 0 Å². The molecule has 0 aliphatic rings. The Labute approximate surface area is 79.7 Å². The zero-order chi connectivity index (χ0) is 9.42. The number of nitrogens with zero attached hydrogens (tertiary/aromatic N) is 1. The number of aromatic amines is 1. The van der Waals surface area contributed by atoms with Gasteiger partial charge in [0.25, 0.3) is 0 Å². The molecule has 0 spiro atoms. The molecule has 0 aliphatic heterocycles. The maximum Gasteiger partial charge on any atom is 0.168 e. The van der Waals surface area contributed by atoms with Gasteiger partial charge in [0, 0.05) is 10.4 Å². The second kappa shape index (κ2) is 2.85. The molecule has 0 atom stereocenters. The number of hydrogen-bond donors (Lipinski definition) is 1. The van der Waals surface area contributed by atoms with Gasteiger partial charge in [0.1, 0.15) is 5.69 Å². The highest BCUT2D eigenvalue weighted by Gasteiger charge is 2.07. The summed E-state index contributed by atoms with van der Waals surface area (Å²) < 4.78 is 0. The van der Waals surface area contributed by atoms with Gasteiger partial charge in [-0.05, 0) is 24.6 Å². The average Bonchev–Trinajstić information content (AvgIpc) is 2.47. The normalized spacial score (nSPS) is 10.6. The zero-order valence-electron chi connectivity index (χ0n) is 6.97. The Kier molecular flexibility index (Phi) is 1.81. The molecule has 0 saturated heterocycles. The summed E-state index contributed by atoms with van der Waals surface area (Å²) in [5, 5.41) is 8.07. The van der Waals surface area contributed by atoms with Crippen LogP contribution in [0.4, 0.5) is 0 Å². The lowest BCUT2D eigenvalue weighted by molar-refractivity contribution is 0.112. The van der Waals surface area contributed by atoms with Gasteiger partial charge in [-0.15, -0.1) is 0 Å². The molecule has 2 rings (SSSR count). The van der Waals surface area contributed by atoms with Crippen LogP contribution in [0.1, 0.15) is 16.1 Å². The van der Waals surface area contributed by atoms with Gasteiger partial charge in [0.05, 0.1) is 5.52 Å². The topological polar surface area (TPSA) is 45.8 Å². The van der Waals surface area contributed by atoms with E-state index in [1.54, 1.807) is 6.07 Å². The maximum atomic E-state index is 10.6. The van der Waals surface area contributed by atoms with Gasteiger partial charge >= 0.3 is 0 Å². The van der Waals surface area contributed by atoms with E-state index in [2.05, 4.69) is 10.2 Å². The SMILES string of the molecule is Cc1cc(Cl)cc2c(C=O)[nH]nc12. The molecule has 0 aliphatic carbocycles. The first-order valence-electron chi connectivity index (χ1n) is 3.82. The van der Waals surface area contributed by atoms with Crippen molar-refractivity contribution in [1.82, 2.24) is 10.2 Å². The van der Waals surface area contributed by atoms with Crippen molar-refractivity contribution in [3.63, 3.8) is 0 Å². The lowest BCUT2D eigenvalue weighted by atomic mass is 10.1. The van der Waals surface area contributed by atoms with Crippen LogP contribution in [-0.4, -0.2) is 16.5 Å². The van der Waals surface area contributed by atoms with Crippen LogP contribution >= 0.6 is 11.6 Å². The van der Waals surface area contributed by atoms with E-state index in [4.69, 9.17) is 11.6 Å². The number of carbonyl (C=O) groups is 1. The summed E-state index contributed by atoms with van der Waals surface area (Å²) >= 11 is 5.85. The number of carbonyl (C=O) groups excluding carboxylic acids is 1. The Hall–Kier alpha value is -1.35. The highest BCUT2D eigenvalue weighted by atomic mass is 35.5. The molecule has 0 unspecified atom stereocenters. The number of nitrogens with one attached hydrogen (secondary N) is 1. The minimum Gasteiger partial charge on any atom is -0.296 e. The van der Waals surface area contributed by atoms with Crippen LogP contribution in [0.25, 0.3) is 10.9 Å². The molecule has 0 saturated carbocycles. The second-order valence-electron chi connectivity index (χ2n) is 2.87. The number of halogens is 1. The molecule has 1 aromatic carbocycles. The zero-order valence-corrected chi connectivity index (χ0v) is 7.72. The highest BCUT2D eigenvalue weighted by Crippen LogP contribution is 2.23. The van der Waals surface area contributed by atoms with Gasteiger partial charge in [-0.3, -0.25) is 9.89 Å². The molecule has 0 bridgehead atoms. The predicted octanol–water partition coefficient (Wildman–Crippen LogP) is 2.34. The fraction of sp³-hybridized carbons (Fsp3) is 0.111. The van der Waals surface area contributed by atoms with E-state index >= 15 is 0 Å². The van der Waals surface area contributed by atoms with Crippen LogP contribution in [-0.2, 0) is 0 Å². The van der Waals surface area contributed by atoms with Crippen LogP contribution in [0.3, 0.4) is 0 Å². The first kappa shape index (κ1) is 8.26. The van der Waals surface area contributed by atoms with Crippen molar-refractivity contribution in [3.8, 4) is 0 Å². The van der Waals surface area contributed by atoms with E-state index in [1.807, 2.05) is 13.0 Å². The van der Waals surface area contributed by atoms with Crippen LogP contribution in [0.2, 0.25) is 5.02 Å². The summed E-state index contributed by atoms with van der Waals surface area (Å²) in [5.74, 6) is 0. The standard InChI is InChI=1S/C9H7ClN2O/c1-5-2-6(10)3-7-8(4-13)11-12-9(5)7/h2-4H,1H3,(H,11,12). The van der Waals surface area contributed by atoms with Crippen LogP contribution in [0, 0.1) is 6.92 Å². The van der Waals surface area contributed by atoms with E-state index < -0.39 is 0 Å². The molecule has 0 fully saturated rings. The van der Waals surface area contributed by atoms with Crippen molar-refractivity contribution in [3.05, 3.63) is 28.4 Å². The molecule has 66 valence electrons. The predicted molar refractivity (Wildman–Crippen MR) is 51.2 cm³/mol. The third kappa shape index (κ3) is 1.21. The number of aldehydes is 1. The number of hydrogen-bond acceptors (Lipinski definition) is 2. The van der Waals surface area contributed by atoms with Crippen molar-refractivity contribution < 1.29 is 4.79 Å². The van der Waals surface area contributed by atoms with Gasteiger partial charge in [0.2, 0.25) is 0 Å². The molecular weight excluding hydrogens is 188 g/mol. The summed E-state index contributed by atoms with van der Waals surface area (Å²) in [5.41, 5.74) is 2.24. The van der Waals surface area contributed by atoms with E-state index in [9.17, 15) is 4.79 Å². The van der Waals surface area contributed by atoms with Gasteiger partial charge in [-0.25, -0.2) is 0 Å². The van der Waals surface area contributed by atoms with Gasteiger partial charge in [-0.2, -0.15) is 5.10 Å². The third-order valence-electron chi connectivity index (χ3n) is 1.96. The molecule has 1 N–H and O–H groups in total. The largest absolute Gasteiger partial charge is 0.296 e. The first-order valence-corrected chi connectivity index (χ1v) is 4.19. The average molecular weight is 195 g/mol. The Bertz CT molecular complexity index is 476. The lowest BCUT2D eigenvalue weighted by Crippen LogP contribution is -1.79.